The van der Waals surface area contributed by atoms with Crippen molar-refractivity contribution in [3.63, 3.8) is 0 Å². The summed E-state index contributed by atoms with van der Waals surface area (Å²) >= 11 is 0. The van der Waals surface area contributed by atoms with Crippen LogP contribution in [0.2, 0.25) is 0 Å². The van der Waals surface area contributed by atoms with Gasteiger partial charge in [-0.15, -0.1) is 0 Å². The Hall–Kier alpha value is -1.19. The fourth-order valence-electron chi connectivity index (χ4n) is 2.03. The van der Waals surface area contributed by atoms with Crippen molar-refractivity contribution >= 4 is 0 Å². The van der Waals surface area contributed by atoms with Crippen LogP contribution in [0.5, 0.6) is 0 Å². The van der Waals surface area contributed by atoms with Gasteiger partial charge in [-0.05, 0) is 51.9 Å². The molecule has 0 aromatic carbocycles. The van der Waals surface area contributed by atoms with Crippen LogP contribution < -0.4 is 5.32 Å². The highest BCUT2D eigenvalue weighted by Gasteiger charge is 2.04. The molecule has 1 aromatic heterocycles. The van der Waals surface area contributed by atoms with E-state index in [4.69, 9.17) is 0 Å². The van der Waals surface area contributed by atoms with Crippen molar-refractivity contribution < 1.29 is 0 Å². The van der Waals surface area contributed by atoms with Crippen LogP contribution in [0, 0.1) is 0 Å². The second-order valence-corrected chi connectivity index (χ2v) is 5.27. The maximum absolute atomic E-state index is 4.60. The first kappa shape index (κ1) is 16.9. The van der Waals surface area contributed by atoms with Gasteiger partial charge in [-0.3, -0.25) is 9.88 Å². The van der Waals surface area contributed by atoms with Crippen LogP contribution in [0.1, 0.15) is 38.4 Å². The van der Waals surface area contributed by atoms with Gasteiger partial charge in [-0.1, -0.05) is 24.6 Å². The summed E-state index contributed by atoms with van der Waals surface area (Å²) in [5, 5.41) is 3.19. The van der Waals surface area contributed by atoms with Crippen LogP contribution in [0.3, 0.4) is 0 Å². The Bertz CT molecular complexity index is 395. The van der Waals surface area contributed by atoms with Crippen molar-refractivity contribution in [1.29, 1.82) is 0 Å². The Morgan fingerprint density at radius 2 is 2.20 bits per heavy atom. The third-order valence-electron chi connectivity index (χ3n) is 3.70. The van der Waals surface area contributed by atoms with E-state index in [0.29, 0.717) is 0 Å². The van der Waals surface area contributed by atoms with E-state index in [0.717, 1.165) is 44.7 Å². The van der Waals surface area contributed by atoms with Crippen LogP contribution in [-0.2, 0) is 13.0 Å². The molecular weight excluding hydrogens is 246 g/mol. The summed E-state index contributed by atoms with van der Waals surface area (Å²) in [6.45, 7) is 10.6. The van der Waals surface area contributed by atoms with E-state index < -0.39 is 0 Å². The molecule has 1 rings (SSSR count). The second-order valence-electron chi connectivity index (χ2n) is 5.27. The maximum atomic E-state index is 4.60. The first-order chi connectivity index (χ1) is 9.69. The van der Waals surface area contributed by atoms with Gasteiger partial charge in [0.05, 0.1) is 5.69 Å². The molecular formula is C17H29N3. The van der Waals surface area contributed by atoms with Crippen molar-refractivity contribution in [1.82, 2.24) is 15.2 Å². The third kappa shape index (κ3) is 6.31. The molecule has 0 amide bonds. The number of hydrogen-bond donors (Lipinski definition) is 1. The lowest BCUT2D eigenvalue weighted by Crippen LogP contribution is -2.30. The van der Waals surface area contributed by atoms with Crippen molar-refractivity contribution in [2.75, 3.05) is 26.7 Å². The van der Waals surface area contributed by atoms with E-state index >= 15 is 0 Å². The number of hydrogen-bond acceptors (Lipinski definition) is 3. The number of nitrogens with zero attached hydrogens (tertiary/aromatic N) is 2. The molecule has 0 fully saturated rings. The predicted molar refractivity (Wildman–Crippen MR) is 86.9 cm³/mol. The number of aromatic nitrogens is 1. The zero-order valence-electron chi connectivity index (χ0n) is 13.4. The van der Waals surface area contributed by atoms with E-state index in [9.17, 15) is 0 Å². The van der Waals surface area contributed by atoms with E-state index in [-0.39, 0.29) is 0 Å². The molecule has 0 spiro atoms. The summed E-state index contributed by atoms with van der Waals surface area (Å²) in [4.78, 5) is 7.00. The standard InChI is InChI=1S/C17H29N3/c1-5-15(3)7-8-16-9-10-17(19-13-16)14-20(6-2)12-11-18-4/h5,9-10,13,18H,6-8,11-12,14H2,1-4H3/b15-5+. The first-order valence-electron chi connectivity index (χ1n) is 7.62. The van der Waals surface area contributed by atoms with Gasteiger partial charge < -0.3 is 5.32 Å². The molecule has 1 heterocycles. The first-order valence-corrected chi connectivity index (χ1v) is 7.62. The maximum Gasteiger partial charge on any atom is 0.0544 e. The summed E-state index contributed by atoms with van der Waals surface area (Å²) in [5.41, 5.74) is 3.93. The molecule has 0 saturated carbocycles. The van der Waals surface area contributed by atoms with Crippen LogP contribution in [0.4, 0.5) is 0 Å². The summed E-state index contributed by atoms with van der Waals surface area (Å²) in [5.74, 6) is 0. The molecule has 0 unspecified atom stereocenters. The van der Waals surface area contributed by atoms with Crippen molar-refractivity contribution in [2.45, 2.75) is 40.2 Å². The molecule has 0 aliphatic rings. The van der Waals surface area contributed by atoms with Gasteiger partial charge in [0.1, 0.15) is 0 Å². The molecule has 3 nitrogen and oxygen atoms in total. The summed E-state index contributed by atoms with van der Waals surface area (Å²) < 4.78 is 0. The molecule has 3 heteroatoms. The van der Waals surface area contributed by atoms with Gasteiger partial charge >= 0.3 is 0 Å². The van der Waals surface area contributed by atoms with Crippen molar-refractivity contribution in [2.24, 2.45) is 0 Å². The SMILES string of the molecule is C/C=C(\C)CCc1ccc(CN(CC)CCNC)nc1. The molecule has 0 atom stereocenters. The van der Waals surface area contributed by atoms with Crippen LogP contribution in [0.25, 0.3) is 0 Å². The molecule has 1 N–H and O–H groups in total. The number of rotatable bonds is 9. The van der Waals surface area contributed by atoms with Gasteiger partial charge in [0, 0.05) is 25.8 Å². The topological polar surface area (TPSA) is 28.2 Å². The highest BCUT2D eigenvalue weighted by Crippen LogP contribution is 2.09. The molecule has 0 bridgehead atoms. The minimum Gasteiger partial charge on any atom is -0.318 e. The molecule has 0 aliphatic heterocycles. The lowest BCUT2D eigenvalue weighted by atomic mass is 10.1. The number of likely N-dealkylation sites (N-methyl/N-ethyl adjacent to an activating group) is 2. The smallest absolute Gasteiger partial charge is 0.0544 e. The van der Waals surface area contributed by atoms with Crippen molar-refractivity contribution in [3.8, 4) is 0 Å². The zero-order chi connectivity index (χ0) is 14.8. The Morgan fingerprint density at radius 1 is 1.40 bits per heavy atom. The van der Waals surface area contributed by atoms with E-state index in [1.54, 1.807) is 0 Å². The molecule has 20 heavy (non-hydrogen) atoms. The van der Waals surface area contributed by atoms with Gasteiger partial charge in [-0.25, -0.2) is 0 Å². The number of allylic oxidation sites excluding steroid dienone is 2. The molecule has 0 radical (unpaired) electrons. The van der Waals surface area contributed by atoms with Gasteiger partial charge in [-0.2, -0.15) is 0 Å². The number of aryl methyl sites for hydroxylation is 1. The third-order valence-corrected chi connectivity index (χ3v) is 3.70. The minimum atomic E-state index is 0.937. The Labute approximate surface area is 124 Å². The minimum absolute atomic E-state index is 0.937. The summed E-state index contributed by atoms with van der Waals surface area (Å²) in [7, 11) is 1.99. The monoisotopic (exact) mass is 275 g/mol. The number of nitrogens with one attached hydrogen (secondary N) is 1. The van der Waals surface area contributed by atoms with Crippen LogP contribution >= 0.6 is 0 Å². The summed E-state index contributed by atoms with van der Waals surface area (Å²) in [6.07, 6.45) is 6.42. The Balaban J connectivity index is 2.48. The highest BCUT2D eigenvalue weighted by atomic mass is 15.1. The van der Waals surface area contributed by atoms with Crippen LogP contribution in [0.15, 0.2) is 30.0 Å². The largest absolute Gasteiger partial charge is 0.318 e. The lowest BCUT2D eigenvalue weighted by Gasteiger charge is -2.19. The zero-order valence-corrected chi connectivity index (χ0v) is 13.4. The van der Waals surface area contributed by atoms with Crippen molar-refractivity contribution in [3.05, 3.63) is 41.2 Å². The molecule has 112 valence electrons. The van der Waals surface area contributed by atoms with E-state index in [1.807, 2.05) is 13.2 Å². The molecule has 0 aliphatic carbocycles. The lowest BCUT2D eigenvalue weighted by molar-refractivity contribution is 0.278. The van der Waals surface area contributed by atoms with E-state index in [2.05, 4.69) is 54.2 Å². The Kier molecular flexibility index (Phi) is 8.16. The fraction of sp³-hybridized carbons (Fsp3) is 0.588. The average molecular weight is 275 g/mol. The highest BCUT2D eigenvalue weighted by molar-refractivity contribution is 5.15. The summed E-state index contributed by atoms with van der Waals surface area (Å²) in [6, 6.07) is 4.39. The average Bonchev–Trinajstić information content (AvgIpc) is 2.50. The van der Waals surface area contributed by atoms with Gasteiger partial charge in [0.25, 0.3) is 0 Å². The number of pyridine rings is 1. The normalized spacial score (nSPS) is 12.2. The van der Waals surface area contributed by atoms with Gasteiger partial charge in [0.15, 0.2) is 0 Å². The molecule has 1 aromatic rings. The second kappa shape index (κ2) is 9.67. The quantitative estimate of drug-likeness (QED) is 0.702. The Morgan fingerprint density at radius 3 is 2.75 bits per heavy atom. The molecule has 0 saturated heterocycles. The fourth-order valence-corrected chi connectivity index (χ4v) is 2.03. The van der Waals surface area contributed by atoms with E-state index in [1.165, 1.54) is 11.1 Å². The van der Waals surface area contributed by atoms with Crippen LogP contribution in [-0.4, -0.2) is 36.6 Å². The predicted octanol–water partition coefficient (Wildman–Crippen LogP) is 3.02. The van der Waals surface area contributed by atoms with Gasteiger partial charge in [0.2, 0.25) is 0 Å².